The van der Waals surface area contributed by atoms with Crippen molar-refractivity contribution in [1.82, 2.24) is 26.6 Å². The summed E-state index contributed by atoms with van der Waals surface area (Å²) in [6, 6.07) is -1.59. The van der Waals surface area contributed by atoms with E-state index in [0.29, 0.717) is 5.56 Å². The Kier molecular flexibility index (Phi) is 18.6. The number of aliphatic carboxylic acids is 1. The van der Waals surface area contributed by atoms with E-state index in [1.54, 1.807) is 30.3 Å². The van der Waals surface area contributed by atoms with Gasteiger partial charge in [-0.1, -0.05) is 30.3 Å². The van der Waals surface area contributed by atoms with Crippen molar-refractivity contribution in [2.45, 2.75) is 94.2 Å². The van der Waals surface area contributed by atoms with Crippen LogP contribution in [0.2, 0.25) is 0 Å². The number of carbonyl (C=O) groups is 10. The minimum atomic E-state index is -1.86. The molecule has 53 heavy (non-hydrogen) atoms. The molecule has 0 heterocycles. The zero-order valence-electron chi connectivity index (χ0n) is 28.7. The minimum Gasteiger partial charge on any atom is -0.480 e. The lowest BCUT2D eigenvalue weighted by Gasteiger charge is -2.27. The van der Waals surface area contributed by atoms with Crippen LogP contribution in [0.4, 0.5) is 0 Å². The van der Waals surface area contributed by atoms with E-state index < -0.39 is 140 Å². The van der Waals surface area contributed by atoms with Gasteiger partial charge in [0.2, 0.25) is 53.2 Å². The summed E-state index contributed by atoms with van der Waals surface area (Å²) in [5, 5.41) is 30.2. The molecule has 17 N–H and O–H groups in total. The lowest BCUT2D eigenvalue weighted by molar-refractivity contribution is -0.145. The average molecular weight is 751 g/mol. The second kappa shape index (κ2) is 21.9. The molecule has 7 atom stereocenters. The Labute approximate surface area is 302 Å². The van der Waals surface area contributed by atoms with Crippen LogP contribution >= 0.6 is 0 Å². The molecule has 0 fully saturated rings. The Hall–Kier alpha value is -6.16. The van der Waals surface area contributed by atoms with Gasteiger partial charge in [-0.25, -0.2) is 4.79 Å². The van der Waals surface area contributed by atoms with Crippen molar-refractivity contribution in [2.24, 2.45) is 28.7 Å². The number of hydrogen-bond donors (Lipinski definition) is 12. The summed E-state index contributed by atoms with van der Waals surface area (Å²) in [7, 11) is 0. The Bertz CT molecular complexity index is 1520. The van der Waals surface area contributed by atoms with E-state index in [4.69, 9.17) is 28.7 Å². The summed E-state index contributed by atoms with van der Waals surface area (Å²) in [5.41, 5.74) is 27.1. The fourth-order valence-corrected chi connectivity index (χ4v) is 4.63. The summed E-state index contributed by atoms with van der Waals surface area (Å²) < 4.78 is 0. The van der Waals surface area contributed by atoms with Crippen molar-refractivity contribution in [1.29, 1.82) is 0 Å². The SMILES string of the molecule is C[C@@H](O)[C@H](NC(=O)[C@H](CC(N)=O)NC(=O)[C@H](CCC(N)=O)NC(=O)[C@H](CCC(N)=O)NC(=O)[C@H](Cc1ccccc1)NC(=O)[C@@H](N)CC(N)=O)C(=O)O. The summed E-state index contributed by atoms with van der Waals surface area (Å²) >= 11 is 0. The quantitative estimate of drug-likeness (QED) is 0.0468. The van der Waals surface area contributed by atoms with Gasteiger partial charge in [-0.3, -0.25) is 43.2 Å². The van der Waals surface area contributed by atoms with E-state index in [2.05, 4.69) is 21.3 Å². The molecule has 0 unspecified atom stereocenters. The Balaban J connectivity index is 3.40. The van der Waals surface area contributed by atoms with Crippen molar-refractivity contribution in [3.05, 3.63) is 35.9 Å². The second-order valence-corrected chi connectivity index (χ2v) is 12.0. The Morgan fingerprint density at radius 1 is 0.585 bits per heavy atom. The Morgan fingerprint density at radius 3 is 1.42 bits per heavy atom. The molecule has 22 heteroatoms. The minimum absolute atomic E-state index is 0.142. The third-order valence-electron chi connectivity index (χ3n) is 7.38. The highest BCUT2D eigenvalue weighted by Crippen LogP contribution is 2.08. The van der Waals surface area contributed by atoms with Crippen LogP contribution in [0, 0.1) is 0 Å². The molecule has 0 aliphatic carbocycles. The lowest BCUT2D eigenvalue weighted by atomic mass is 10.0. The van der Waals surface area contributed by atoms with E-state index >= 15 is 0 Å². The van der Waals surface area contributed by atoms with Gasteiger partial charge in [0.05, 0.1) is 25.0 Å². The molecule has 1 aromatic carbocycles. The van der Waals surface area contributed by atoms with Crippen molar-refractivity contribution in [3.63, 3.8) is 0 Å². The van der Waals surface area contributed by atoms with E-state index in [-0.39, 0.29) is 6.42 Å². The summed E-state index contributed by atoms with van der Waals surface area (Å²) in [4.78, 5) is 124. The first-order chi connectivity index (χ1) is 24.7. The van der Waals surface area contributed by atoms with Gasteiger partial charge >= 0.3 is 5.97 Å². The van der Waals surface area contributed by atoms with Gasteiger partial charge in [-0.15, -0.1) is 0 Å². The normalized spacial score (nSPS) is 14.7. The zero-order valence-corrected chi connectivity index (χ0v) is 28.7. The molecule has 0 saturated carbocycles. The summed E-state index contributed by atoms with van der Waals surface area (Å²) in [5.74, 6) is -10.9. The number of hydrogen-bond acceptors (Lipinski definition) is 12. The number of carboxylic acid groups (broad SMARTS) is 1. The molecule has 22 nitrogen and oxygen atoms in total. The van der Waals surface area contributed by atoms with Gasteiger partial charge in [0.1, 0.15) is 24.2 Å². The highest BCUT2D eigenvalue weighted by molar-refractivity contribution is 5.98. The molecular weight excluding hydrogens is 704 g/mol. The van der Waals surface area contributed by atoms with Crippen LogP contribution in [0.25, 0.3) is 0 Å². The smallest absolute Gasteiger partial charge is 0.328 e. The van der Waals surface area contributed by atoms with E-state index in [9.17, 15) is 58.2 Å². The van der Waals surface area contributed by atoms with Crippen LogP contribution in [0.3, 0.4) is 0 Å². The average Bonchev–Trinajstić information content (AvgIpc) is 3.05. The number of aliphatic hydroxyl groups excluding tert-OH is 1. The highest BCUT2D eigenvalue weighted by atomic mass is 16.4. The third kappa shape index (κ3) is 17.1. The van der Waals surface area contributed by atoms with Crippen molar-refractivity contribution >= 4 is 59.1 Å². The molecule has 0 aromatic heterocycles. The number of carbonyl (C=O) groups excluding carboxylic acids is 9. The summed E-state index contributed by atoms with van der Waals surface area (Å²) in [6.45, 7) is 1.06. The van der Waals surface area contributed by atoms with Crippen molar-refractivity contribution in [2.75, 3.05) is 0 Å². The molecular formula is C31H46N10O12. The van der Waals surface area contributed by atoms with Crippen LogP contribution in [0.5, 0.6) is 0 Å². The molecule has 0 spiro atoms. The fraction of sp³-hybridized carbons (Fsp3) is 0.484. The fourth-order valence-electron chi connectivity index (χ4n) is 4.63. The number of amides is 9. The van der Waals surface area contributed by atoms with Crippen molar-refractivity contribution in [3.8, 4) is 0 Å². The number of aliphatic hydroxyl groups is 1. The summed E-state index contributed by atoms with van der Waals surface area (Å²) in [6.07, 6.45) is -5.08. The van der Waals surface area contributed by atoms with Gasteiger partial charge in [0.25, 0.3) is 0 Å². The van der Waals surface area contributed by atoms with E-state index in [1.807, 2.05) is 5.32 Å². The predicted octanol–water partition coefficient (Wildman–Crippen LogP) is -6.27. The van der Waals surface area contributed by atoms with Gasteiger partial charge < -0.3 is 65.5 Å². The largest absolute Gasteiger partial charge is 0.480 e. The number of nitrogens with one attached hydrogen (secondary N) is 5. The van der Waals surface area contributed by atoms with Gasteiger partial charge in [0, 0.05) is 19.3 Å². The predicted molar refractivity (Wildman–Crippen MR) is 182 cm³/mol. The van der Waals surface area contributed by atoms with E-state index in [1.165, 1.54) is 0 Å². The molecule has 1 aromatic rings. The van der Waals surface area contributed by atoms with Crippen LogP contribution in [-0.4, -0.2) is 112 Å². The van der Waals surface area contributed by atoms with Crippen molar-refractivity contribution < 1.29 is 58.2 Å². The molecule has 292 valence electrons. The standard InChI is InChI=1S/C31H46N10O12/c1-14(42)25(31(52)53)41-30(51)20(13-24(36)46)40-28(49)18(8-10-22(34)44)37-27(48)17(7-9-21(33)43)38-29(50)19(11-15-5-3-2-4-6-15)39-26(47)16(32)12-23(35)45/h2-6,14,16-20,25,42H,7-13,32H2,1H3,(H2,33,43)(H2,34,44)(H2,35,45)(H2,36,46)(H,37,48)(H,38,50)(H,39,47)(H,40,49)(H,41,51)(H,52,53)/t14-,16+,17+,18+,19+,20+,25+/m1/s1. The lowest BCUT2D eigenvalue weighted by Crippen LogP contribution is -2.60. The first-order valence-corrected chi connectivity index (χ1v) is 16.1. The van der Waals surface area contributed by atoms with Gasteiger partial charge in [0.15, 0.2) is 6.04 Å². The van der Waals surface area contributed by atoms with E-state index in [0.717, 1.165) is 6.92 Å². The number of nitrogens with two attached hydrogens (primary N) is 5. The monoisotopic (exact) mass is 750 g/mol. The molecule has 0 saturated heterocycles. The molecule has 0 radical (unpaired) electrons. The molecule has 0 bridgehead atoms. The van der Waals surface area contributed by atoms with Crippen LogP contribution < -0.4 is 55.3 Å². The number of carboxylic acids is 1. The second-order valence-electron chi connectivity index (χ2n) is 12.0. The zero-order chi connectivity index (χ0) is 40.4. The number of benzene rings is 1. The number of rotatable bonds is 24. The van der Waals surface area contributed by atoms with Gasteiger partial charge in [-0.2, -0.15) is 0 Å². The number of primary amides is 4. The maximum atomic E-state index is 13.6. The topological polar surface area (TPSA) is 401 Å². The first-order valence-electron chi connectivity index (χ1n) is 16.1. The van der Waals surface area contributed by atoms with Crippen LogP contribution in [0.1, 0.15) is 51.0 Å². The Morgan fingerprint density at radius 2 is 1.00 bits per heavy atom. The molecule has 0 aliphatic rings. The van der Waals surface area contributed by atoms with Crippen LogP contribution in [-0.2, 0) is 54.4 Å². The third-order valence-corrected chi connectivity index (χ3v) is 7.38. The maximum Gasteiger partial charge on any atom is 0.328 e. The molecule has 1 rings (SSSR count). The highest BCUT2D eigenvalue weighted by Gasteiger charge is 2.34. The van der Waals surface area contributed by atoms with Gasteiger partial charge in [-0.05, 0) is 25.3 Å². The molecule has 9 amide bonds. The van der Waals surface area contributed by atoms with Crippen LogP contribution in [0.15, 0.2) is 30.3 Å². The first kappa shape index (κ1) is 44.9. The maximum absolute atomic E-state index is 13.6. The molecule has 0 aliphatic heterocycles.